The molecule has 0 fully saturated rings. The van der Waals surface area contributed by atoms with Crippen molar-refractivity contribution in [3.8, 4) is 0 Å². The summed E-state index contributed by atoms with van der Waals surface area (Å²) < 4.78 is 0. The topological polar surface area (TPSA) is 68.1 Å². The highest BCUT2D eigenvalue weighted by molar-refractivity contribution is 5.40. The Labute approximate surface area is 116 Å². The van der Waals surface area contributed by atoms with Crippen LogP contribution >= 0.6 is 0 Å². The maximum absolute atomic E-state index is 11.0. The highest BCUT2D eigenvalue weighted by atomic mass is 16.6. The number of hydrogen-bond acceptors (Lipinski definition) is 4. The average molecular weight is 269 g/mol. The molecule has 1 atom stereocenters. The Kier molecular flexibility index (Phi) is 3.43. The third kappa shape index (κ3) is 2.40. The largest absolute Gasteiger partial charge is 0.304 e. The standard InChI is InChI=1S/C15H15N3O2/c19-18(20)14-6-2-1-4-12(14)10-17-13-8-7-11-5-3-9-16-15(11)13/h1-6,9,13,17H,7-8,10H2. The summed E-state index contributed by atoms with van der Waals surface area (Å²) in [4.78, 5) is 15.1. The van der Waals surface area contributed by atoms with E-state index in [9.17, 15) is 10.1 Å². The molecular formula is C15H15N3O2. The first-order valence-electron chi connectivity index (χ1n) is 6.65. The van der Waals surface area contributed by atoms with E-state index in [0.717, 1.165) is 18.5 Å². The molecule has 1 aromatic carbocycles. The van der Waals surface area contributed by atoms with Gasteiger partial charge in [0.05, 0.1) is 16.7 Å². The van der Waals surface area contributed by atoms with Crippen LogP contribution < -0.4 is 5.32 Å². The number of hydrogen-bond donors (Lipinski definition) is 1. The van der Waals surface area contributed by atoms with E-state index in [0.29, 0.717) is 12.1 Å². The Bertz CT molecular complexity index is 643. The monoisotopic (exact) mass is 269 g/mol. The number of aryl methyl sites for hydroxylation is 1. The van der Waals surface area contributed by atoms with Gasteiger partial charge in [0.2, 0.25) is 0 Å². The second kappa shape index (κ2) is 5.38. The number of rotatable bonds is 4. The molecule has 3 rings (SSSR count). The number of nitro benzene ring substituents is 1. The highest BCUT2D eigenvalue weighted by Gasteiger charge is 2.23. The molecule has 0 aliphatic heterocycles. The zero-order valence-electron chi connectivity index (χ0n) is 11.0. The second-order valence-electron chi connectivity index (χ2n) is 4.91. The van der Waals surface area contributed by atoms with Gasteiger partial charge in [-0.1, -0.05) is 24.3 Å². The number of nitrogens with zero attached hydrogens (tertiary/aromatic N) is 2. The molecule has 5 nitrogen and oxygen atoms in total. The molecule has 1 aliphatic rings. The van der Waals surface area contributed by atoms with Gasteiger partial charge in [-0.15, -0.1) is 0 Å². The van der Waals surface area contributed by atoms with Gasteiger partial charge in [-0.25, -0.2) is 0 Å². The highest BCUT2D eigenvalue weighted by Crippen LogP contribution is 2.29. The number of pyridine rings is 1. The summed E-state index contributed by atoms with van der Waals surface area (Å²) in [5.74, 6) is 0. The fraction of sp³-hybridized carbons (Fsp3) is 0.267. The number of nitrogens with one attached hydrogen (secondary N) is 1. The van der Waals surface area contributed by atoms with Crippen molar-refractivity contribution in [2.24, 2.45) is 0 Å². The molecule has 1 N–H and O–H groups in total. The molecule has 1 unspecified atom stereocenters. The smallest absolute Gasteiger partial charge is 0.273 e. The first kappa shape index (κ1) is 12.7. The van der Waals surface area contributed by atoms with E-state index in [1.165, 1.54) is 11.6 Å². The van der Waals surface area contributed by atoms with Gasteiger partial charge in [-0.2, -0.15) is 0 Å². The van der Waals surface area contributed by atoms with Crippen LogP contribution in [0.15, 0.2) is 42.6 Å². The van der Waals surface area contributed by atoms with Crippen molar-refractivity contribution in [3.05, 3.63) is 69.5 Å². The first-order chi connectivity index (χ1) is 9.75. The molecule has 0 bridgehead atoms. The van der Waals surface area contributed by atoms with Crippen molar-refractivity contribution in [2.75, 3.05) is 0 Å². The quantitative estimate of drug-likeness (QED) is 0.684. The molecule has 1 heterocycles. The Hall–Kier alpha value is -2.27. The maximum Gasteiger partial charge on any atom is 0.273 e. The molecule has 0 saturated carbocycles. The molecule has 0 spiro atoms. The second-order valence-corrected chi connectivity index (χ2v) is 4.91. The van der Waals surface area contributed by atoms with Gasteiger partial charge in [0.1, 0.15) is 0 Å². The minimum absolute atomic E-state index is 0.166. The van der Waals surface area contributed by atoms with Crippen molar-refractivity contribution in [1.82, 2.24) is 10.3 Å². The molecule has 0 amide bonds. The number of aromatic nitrogens is 1. The summed E-state index contributed by atoms with van der Waals surface area (Å²) in [6.45, 7) is 0.484. The molecule has 0 radical (unpaired) electrons. The van der Waals surface area contributed by atoms with Crippen molar-refractivity contribution in [2.45, 2.75) is 25.4 Å². The SMILES string of the molecule is O=[N+]([O-])c1ccccc1CNC1CCc2cccnc21. The van der Waals surface area contributed by atoms with Gasteiger partial charge in [-0.05, 0) is 24.5 Å². The van der Waals surface area contributed by atoms with Gasteiger partial charge in [0, 0.05) is 24.4 Å². The van der Waals surface area contributed by atoms with Crippen LogP contribution in [0, 0.1) is 10.1 Å². The third-order valence-electron chi connectivity index (χ3n) is 3.69. The van der Waals surface area contributed by atoms with E-state index in [4.69, 9.17) is 0 Å². The van der Waals surface area contributed by atoms with Crippen LogP contribution in [-0.2, 0) is 13.0 Å². The van der Waals surface area contributed by atoms with Crippen LogP contribution in [0.3, 0.4) is 0 Å². The lowest BCUT2D eigenvalue weighted by atomic mass is 10.1. The van der Waals surface area contributed by atoms with Gasteiger partial charge < -0.3 is 5.32 Å². The molecular weight excluding hydrogens is 254 g/mol. The Balaban J connectivity index is 1.74. The minimum Gasteiger partial charge on any atom is -0.304 e. The predicted molar refractivity (Wildman–Crippen MR) is 75.2 cm³/mol. The lowest BCUT2D eigenvalue weighted by molar-refractivity contribution is -0.385. The van der Waals surface area contributed by atoms with E-state index >= 15 is 0 Å². The van der Waals surface area contributed by atoms with Crippen LogP contribution in [0.2, 0.25) is 0 Å². The van der Waals surface area contributed by atoms with Gasteiger partial charge >= 0.3 is 0 Å². The van der Waals surface area contributed by atoms with Crippen molar-refractivity contribution < 1.29 is 4.92 Å². The maximum atomic E-state index is 11.0. The van der Waals surface area contributed by atoms with E-state index in [-0.39, 0.29) is 16.7 Å². The van der Waals surface area contributed by atoms with Crippen molar-refractivity contribution in [3.63, 3.8) is 0 Å². The van der Waals surface area contributed by atoms with Crippen LogP contribution in [0.1, 0.15) is 29.3 Å². The predicted octanol–water partition coefficient (Wildman–Crippen LogP) is 2.77. The Morgan fingerprint density at radius 2 is 2.15 bits per heavy atom. The summed E-state index contributed by atoms with van der Waals surface area (Å²) in [6, 6.07) is 11.1. The van der Waals surface area contributed by atoms with Gasteiger partial charge in [0.25, 0.3) is 5.69 Å². The van der Waals surface area contributed by atoms with Crippen molar-refractivity contribution >= 4 is 5.69 Å². The van der Waals surface area contributed by atoms with Gasteiger partial charge in [-0.3, -0.25) is 15.1 Å². The number of benzene rings is 1. The Morgan fingerprint density at radius 1 is 1.30 bits per heavy atom. The van der Waals surface area contributed by atoms with Gasteiger partial charge in [0.15, 0.2) is 0 Å². The molecule has 102 valence electrons. The molecule has 2 aromatic rings. The van der Waals surface area contributed by atoms with E-state index in [1.54, 1.807) is 18.3 Å². The molecule has 0 saturated heterocycles. The average Bonchev–Trinajstić information content (AvgIpc) is 2.88. The zero-order chi connectivity index (χ0) is 13.9. The van der Waals surface area contributed by atoms with Crippen LogP contribution in [0.5, 0.6) is 0 Å². The summed E-state index contributed by atoms with van der Waals surface area (Å²) in [6.07, 6.45) is 3.80. The summed E-state index contributed by atoms with van der Waals surface area (Å²) in [5.41, 5.74) is 3.22. The third-order valence-corrected chi connectivity index (χ3v) is 3.69. The summed E-state index contributed by atoms with van der Waals surface area (Å²) in [7, 11) is 0. The minimum atomic E-state index is -0.335. The van der Waals surface area contributed by atoms with E-state index in [1.807, 2.05) is 12.1 Å². The van der Waals surface area contributed by atoms with Crippen LogP contribution in [0.4, 0.5) is 5.69 Å². The fourth-order valence-electron chi connectivity index (χ4n) is 2.68. The zero-order valence-corrected chi connectivity index (χ0v) is 11.0. The molecule has 5 heteroatoms. The summed E-state index contributed by atoms with van der Waals surface area (Å²) >= 11 is 0. The normalized spacial score (nSPS) is 16.9. The fourth-order valence-corrected chi connectivity index (χ4v) is 2.68. The van der Waals surface area contributed by atoms with E-state index in [2.05, 4.69) is 16.4 Å². The van der Waals surface area contributed by atoms with Crippen LogP contribution in [-0.4, -0.2) is 9.91 Å². The number of fused-ring (bicyclic) bond motifs is 1. The van der Waals surface area contributed by atoms with E-state index < -0.39 is 0 Å². The molecule has 1 aromatic heterocycles. The number of nitro groups is 1. The molecule has 20 heavy (non-hydrogen) atoms. The molecule has 1 aliphatic carbocycles. The summed E-state index contributed by atoms with van der Waals surface area (Å²) in [5, 5.41) is 14.4. The van der Waals surface area contributed by atoms with Crippen molar-refractivity contribution in [1.29, 1.82) is 0 Å². The first-order valence-corrected chi connectivity index (χ1v) is 6.65. The van der Waals surface area contributed by atoms with Crippen LogP contribution in [0.25, 0.3) is 0 Å². The Morgan fingerprint density at radius 3 is 3.00 bits per heavy atom. The number of para-hydroxylation sites is 1. The lowest BCUT2D eigenvalue weighted by Crippen LogP contribution is -2.20. The lowest BCUT2D eigenvalue weighted by Gasteiger charge is -2.13.